The van der Waals surface area contributed by atoms with Crippen molar-refractivity contribution in [2.75, 3.05) is 18.0 Å². The van der Waals surface area contributed by atoms with E-state index in [9.17, 15) is 4.79 Å². The molecule has 1 saturated heterocycles. The smallest absolute Gasteiger partial charge is 0.311 e. The number of rotatable bonds is 3. The topological polar surface area (TPSA) is 55.3 Å². The Balaban J connectivity index is 1.42. The van der Waals surface area contributed by atoms with E-state index in [2.05, 4.69) is 35.6 Å². The minimum Gasteiger partial charge on any atom is -0.461 e. The molecule has 5 nitrogen and oxygen atoms in total. The maximum absolute atomic E-state index is 12.9. The summed E-state index contributed by atoms with van der Waals surface area (Å²) in [5.41, 5.74) is 0.401. The van der Waals surface area contributed by atoms with E-state index in [1.165, 1.54) is 12.8 Å². The summed E-state index contributed by atoms with van der Waals surface area (Å²) in [5.74, 6) is 1.32. The van der Waals surface area contributed by atoms with E-state index in [0.717, 1.165) is 25.8 Å². The van der Waals surface area contributed by atoms with E-state index in [1.54, 1.807) is 12.4 Å². The summed E-state index contributed by atoms with van der Waals surface area (Å²) < 4.78 is 6.10. The molecule has 5 heteroatoms. The standard InChI is InChI=1S/C20H29N3O2/c1-19(2)15-7-8-20(19,3)16(12-15)25-17(24)14-6-4-11-23(13-14)18-21-9-5-10-22-18/h5,9-10,14-16H,4,6-8,11-13H2,1-3H3/t14-,15-,16-,20-/m0/s1. The van der Waals surface area contributed by atoms with Gasteiger partial charge in [0.05, 0.1) is 5.92 Å². The van der Waals surface area contributed by atoms with Crippen LogP contribution in [0, 0.1) is 22.7 Å². The summed E-state index contributed by atoms with van der Waals surface area (Å²) >= 11 is 0. The minimum absolute atomic E-state index is 0.0183. The SMILES string of the molecule is CC1(C)[C@H]2CC[C@@]1(C)[C@@H](OC(=O)[C@H]1CCCN(c3ncccn3)C1)C2. The van der Waals surface area contributed by atoms with Crippen LogP contribution in [0.15, 0.2) is 18.5 Å². The van der Waals surface area contributed by atoms with Crippen LogP contribution in [0.3, 0.4) is 0 Å². The van der Waals surface area contributed by atoms with E-state index >= 15 is 0 Å². The highest BCUT2D eigenvalue weighted by Crippen LogP contribution is 2.66. The largest absolute Gasteiger partial charge is 0.461 e. The molecule has 2 bridgehead atoms. The van der Waals surface area contributed by atoms with E-state index in [-0.39, 0.29) is 28.8 Å². The van der Waals surface area contributed by atoms with Gasteiger partial charge < -0.3 is 9.64 Å². The number of hydrogen-bond donors (Lipinski definition) is 0. The van der Waals surface area contributed by atoms with Crippen LogP contribution in [0.5, 0.6) is 0 Å². The highest BCUT2D eigenvalue weighted by Gasteiger charge is 2.63. The lowest BCUT2D eigenvalue weighted by Crippen LogP contribution is -2.43. The zero-order valence-electron chi connectivity index (χ0n) is 15.6. The van der Waals surface area contributed by atoms with Gasteiger partial charge in [-0.1, -0.05) is 20.8 Å². The fraction of sp³-hybridized carbons (Fsp3) is 0.750. The monoisotopic (exact) mass is 343 g/mol. The molecule has 4 rings (SSSR count). The number of anilines is 1. The van der Waals surface area contributed by atoms with Crippen molar-refractivity contribution in [3.05, 3.63) is 18.5 Å². The third-order valence-corrected chi connectivity index (χ3v) is 7.56. The normalized spacial score (nSPS) is 36.4. The lowest BCUT2D eigenvalue weighted by atomic mass is 9.70. The van der Waals surface area contributed by atoms with Gasteiger partial charge in [0.25, 0.3) is 0 Å². The maximum atomic E-state index is 12.9. The summed E-state index contributed by atoms with van der Waals surface area (Å²) in [6.07, 6.45) is 8.96. The first-order valence-electron chi connectivity index (χ1n) is 9.64. The van der Waals surface area contributed by atoms with E-state index < -0.39 is 0 Å². The van der Waals surface area contributed by atoms with Crippen LogP contribution in [-0.4, -0.2) is 35.1 Å². The first-order chi connectivity index (χ1) is 11.9. The van der Waals surface area contributed by atoms with Crippen molar-refractivity contribution in [2.45, 2.75) is 59.0 Å². The molecule has 136 valence electrons. The summed E-state index contributed by atoms with van der Waals surface area (Å²) in [7, 11) is 0. The van der Waals surface area contributed by atoms with E-state index in [1.807, 2.05) is 6.07 Å². The Kier molecular flexibility index (Phi) is 4.00. The Labute approximate surface area is 150 Å². The predicted molar refractivity (Wildman–Crippen MR) is 96.1 cm³/mol. The number of esters is 1. The quantitative estimate of drug-likeness (QED) is 0.787. The van der Waals surface area contributed by atoms with Gasteiger partial charge in [0, 0.05) is 30.9 Å². The molecule has 0 amide bonds. The molecule has 2 heterocycles. The molecule has 2 aliphatic carbocycles. The molecule has 1 aromatic rings. The highest BCUT2D eigenvalue weighted by molar-refractivity contribution is 5.73. The molecule has 0 unspecified atom stereocenters. The van der Waals surface area contributed by atoms with Crippen molar-refractivity contribution in [2.24, 2.45) is 22.7 Å². The molecule has 0 spiro atoms. The fourth-order valence-corrected chi connectivity index (χ4v) is 5.35. The van der Waals surface area contributed by atoms with Crippen molar-refractivity contribution < 1.29 is 9.53 Å². The number of fused-ring (bicyclic) bond motifs is 2. The first-order valence-corrected chi connectivity index (χ1v) is 9.64. The molecule has 2 saturated carbocycles. The number of carbonyl (C=O) groups excluding carboxylic acids is 1. The van der Waals surface area contributed by atoms with Crippen LogP contribution in [0.1, 0.15) is 52.9 Å². The van der Waals surface area contributed by atoms with Crippen LogP contribution in [0.4, 0.5) is 5.95 Å². The van der Waals surface area contributed by atoms with Gasteiger partial charge in [-0.2, -0.15) is 0 Å². The van der Waals surface area contributed by atoms with Gasteiger partial charge in [0.2, 0.25) is 5.95 Å². The van der Waals surface area contributed by atoms with Crippen molar-refractivity contribution in [1.82, 2.24) is 9.97 Å². The Morgan fingerprint density at radius 2 is 2.00 bits per heavy atom. The van der Waals surface area contributed by atoms with Crippen molar-refractivity contribution in [3.63, 3.8) is 0 Å². The Bertz CT molecular complexity index is 648. The molecule has 3 aliphatic rings. The Hall–Kier alpha value is -1.65. The average Bonchev–Trinajstić information content (AvgIpc) is 2.96. The molecule has 0 aromatic carbocycles. The van der Waals surface area contributed by atoms with Gasteiger partial charge in [0.15, 0.2) is 0 Å². The fourth-order valence-electron chi connectivity index (χ4n) is 5.35. The lowest BCUT2D eigenvalue weighted by Gasteiger charge is -2.39. The van der Waals surface area contributed by atoms with Crippen LogP contribution in [-0.2, 0) is 9.53 Å². The van der Waals surface area contributed by atoms with E-state index in [4.69, 9.17) is 4.74 Å². The average molecular weight is 343 g/mol. The number of hydrogen-bond acceptors (Lipinski definition) is 5. The predicted octanol–water partition coefficient (Wildman–Crippen LogP) is 3.45. The zero-order valence-corrected chi connectivity index (χ0v) is 15.6. The Morgan fingerprint density at radius 1 is 1.24 bits per heavy atom. The summed E-state index contributed by atoms with van der Waals surface area (Å²) in [6.45, 7) is 8.60. The first kappa shape index (κ1) is 16.8. The third kappa shape index (κ3) is 2.63. The number of carbonyl (C=O) groups is 1. The third-order valence-electron chi connectivity index (χ3n) is 7.56. The second kappa shape index (κ2) is 5.96. The molecule has 4 atom stereocenters. The zero-order chi connectivity index (χ0) is 17.7. The summed E-state index contributed by atoms with van der Waals surface area (Å²) in [5, 5.41) is 0. The molecule has 0 radical (unpaired) electrons. The van der Waals surface area contributed by atoms with Crippen LogP contribution in [0.2, 0.25) is 0 Å². The second-order valence-corrected chi connectivity index (χ2v) is 8.87. The van der Waals surface area contributed by atoms with Crippen molar-refractivity contribution in [1.29, 1.82) is 0 Å². The molecular weight excluding hydrogens is 314 g/mol. The molecule has 0 N–H and O–H groups in total. The second-order valence-electron chi connectivity index (χ2n) is 8.87. The number of ether oxygens (including phenoxy) is 1. The number of piperidine rings is 1. The van der Waals surface area contributed by atoms with Crippen LogP contribution < -0.4 is 4.90 Å². The van der Waals surface area contributed by atoms with Gasteiger partial charge in [0.1, 0.15) is 6.10 Å². The van der Waals surface area contributed by atoms with Gasteiger partial charge in [-0.05, 0) is 49.5 Å². The molecule has 25 heavy (non-hydrogen) atoms. The van der Waals surface area contributed by atoms with Gasteiger partial charge in [-0.25, -0.2) is 9.97 Å². The van der Waals surface area contributed by atoms with Gasteiger partial charge in [-0.3, -0.25) is 4.79 Å². The lowest BCUT2D eigenvalue weighted by molar-refractivity contribution is -0.162. The van der Waals surface area contributed by atoms with Gasteiger partial charge >= 0.3 is 5.97 Å². The Morgan fingerprint density at radius 3 is 2.64 bits per heavy atom. The van der Waals surface area contributed by atoms with Crippen molar-refractivity contribution in [3.8, 4) is 0 Å². The van der Waals surface area contributed by atoms with Crippen LogP contribution in [0.25, 0.3) is 0 Å². The number of aromatic nitrogens is 2. The van der Waals surface area contributed by atoms with Gasteiger partial charge in [-0.15, -0.1) is 0 Å². The summed E-state index contributed by atoms with van der Waals surface area (Å²) in [6, 6.07) is 1.82. The molecule has 1 aromatic heterocycles. The molecule has 3 fully saturated rings. The van der Waals surface area contributed by atoms with E-state index in [0.29, 0.717) is 18.4 Å². The van der Waals surface area contributed by atoms with Crippen molar-refractivity contribution >= 4 is 11.9 Å². The highest BCUT2D eigenvalue weighted by atomic mass is 16.5. The maximum Gasteiger partial charge on any atom is 0.311 e. The molecule has 1 aliphatic heterocycles. The molecular formula is C20H29N3O2. The number of nitrogens with zero attached hydrogens (tertiary/aromatic N) is 3. The van der Waals surface area contributed by atoms with Crippen LogP contribution >= 0.6 is 0 Å². The minimum atomic E-state index is -0.0663. The summed E-state index contributed by atoms with van der Waals surface area (Å²) in [4.78, 5) is 23.6.